The number of amides is 3. The molecule has 0 radical (unpaired) electrons. The van der Waals surface area contributed by atoms with Crippen LogP contribution in [0.1, 0.15) is 34.1 Å². The summed E-state index contributed by atoms with van der Waals surface area (Å²) in [7, 11) is 1.48. The highest BCUT2D eigenvalue weighted by molar-refractivity contribution is 6.21. The summed E-state index contributed by atoms with van der Waals surface area (Å²) in [4.78, 5) is 50.0. The number of rotatable bonds is 7. The molecule has 29 heavy (non-hydrogen) atoms. The number of anilines is 1. The molecule has 3 rings (SSSR count). The fourth-order valence-electron chi connectivity index (χ4n) is 2.94. The SMILES string of the molecule is COc1ccccc1NC(=O)C(C)OC(=O)CCN1C(=O)c2ccccc2C1=O. The first kappa shape index (κ1) is 20.1. The van der Waals surface area contributed by atoms with Gasteiger partial charge in [0, 0.05) is 6.54 Å². The summed E-state index contributed by atoms with van der Waals surface area (Å²) in [6.45, 7) is 1.32. The van der Waals surface area contributed by atoms with Gasteiger partial charge in [0.05, 0.1) is 30.3 Å². The molecule has 1 aliphatic heterocycles. The van der Waals surface area contributed by atoms with Gasteiger partial charge in [-0.3, -0.25) is 24.1 Å². The molecule has 1 aliphatic rings. The molecule has 0 fully saturated rings. The number of hydrogen-bond acceptors (Lipinski definition) is 6. The van der Waals surface area contributed by atoms with Crippen molar-refractivity contribution in [1.82, 2.24) is 4.90 Å². The van der Waals surface area contributed by atoms with E-state index in [1.807, 2.05) is 0 Å². The maximum absolute atomic E-state index is 12.3. The first-order valence-corrected chi connectivity index (χ1v) is 9.01. The average molecular weight is 396 g/mol. The number of ether oxygens (including phenoxy) is 2. The Morgan fingerprint density at radius 3 is 2.21 bits per heavy atom. The lowest BCUT2D eigenvalue weighted by Crippen LogP contribution is -2.34. The van der Waals surface area contributed by atoms with Crippen LogP contribution in [0.5, 0.6) is 5.75 Å². The summed E-state index contributed by atoms with van der Waals surface area (Å²) in [5, 5.41) is 2.63. The summed E-state index contributed by atoms with van der Waals surface area (Å²) < 4.78 is 10.3. The van der Waals surface area contributed by atoms with E-state index in [1.165, 1.54) is 14.0 Å². The van der Waals surface area contributed by atoms with Crippen LogP contribution in [0.15, 0.2) is 48.5 Å². The van der Waals surface area contributed by atoms with Crippen molar-refractivity contribution in [2.75, 3.05) is 19.0 Å². The van der Waals surface area contributed by atoms with Gasteiger partial charge in [-0.1, -0.05) is 24.3 Å². The zero-order chi connectivity index (χ0) is 21.0. The number of esters is 1. The van der Waals surface area contributed by atoms with Gasteiger partial charge in [0.1, 0.15) is 5.75 Å². The maximum Gasteiger partial charge on any atom is 0.308 e. The molecule has 0 bridgehead atoms. The highest BCUT2D eigenvalue weighted by atomic mass is 16.5. The first-order chi connectivity index (χ1) is 13.9. The van der Waals surface area contributed by atoms with Crippen LogP contribution in [-0.2, 0) is 14.3 Å². The van der Waals surface area contributed by atoms with Crippen LogP contribution in [0.4, 0.5) is 5.69 Å². The Kier molecular flexibility index (Phi) is 5.92. The van der Waals surface area contributed by atoms with Crippen LogP contribution >= 0.6 is 0 Å². The molecule has 0 saturated heterocycles. The lowest BCUT2D eigenvalue weighted by molar-refractivity contribution is -0.153. The van der Waals surface area contributed by atoms with Crippen LogP contribution < -0.4 is 10.1 Å². The average Bonchev–Trinajstić information content (AvgIpc) is 2.97. The minimum absolute atomic E-state index is 0.119. The van der Waals surface area contributed by atoms with Crippen LogP contribution in [0, 0.1) is 0 Å². The van der Waals surface area contributed by atoms with Crippen molar-refractivity contribution in [3.05, 3.63) is 59.7 Å². The second kappa shape index (κ2) is 8.55. The number of methoxy groups -OCH3 is 1. The van der Waals surface area contributed by atoms with E-state index in [2.05, 4.69) is 5.32 Å². The van der Waals surface area contributed by atoms with E-state index in [0.29, 0.717) is 22.6 Å². The van der Waals surface area contributed by atoms with E-state index >= 15 is 0 Å². The minimum atomic E-state index is -1.06. The predicted octanol–water partition coefficient (Wildman–Crippen LogP) is 2.25. The number of benzene rings is 2. The number of carbonyl (C=O) groups is 4. The van der Waals surface area contributed by atoms with E-state index in [0.717, 1.165) is 4.90 Å². The van der Waals surface area contributed by atoms with E-state index < -0.39 is 29.8 Å². The molecule has 1 unspecified atom stereocenters. The molecule has 8 heteroatoms. The molecule has 3 amide bonds. The highest BCUT2D eigenvalue weighted by Crippen LogP contribution is 2.24. The third kappa shape index (κ3) is 4.26. The van der Waals surface area contributed by atoms with Gasteiger partial charge in [-0.2, -0.15) is 0 Å². The summed E-state index contributed by atoms with van der Waals surface area (Å²) in [5.74, 6) is -1.63. The summed E-state index contributed by atoms with van der Waals surface area (Å²) in [6.07, 6.45) is -1.27. The van der Waals surface area contributed by atoms with Crippen molar-refractivity contribution >= 4 is 29.4 Å². The maximum atomic E-state index is 12.3. The normalized spacial score (nSPS) is 13.7. The van der Waals surface area contributed by atoms with Crippen LogP contribution in [0.3, 0.4) is 0 Å². The van der Waals surface area contributed by atoms with Gasteiger partial charge in [0.25, 0.3) is 17.7 Å². The monoisotopic (exact) mass is 396 g/mol. The molecule has 0 aliphatic carbocycles. The van der Waals surface area contributed by atoms with Gasteiger partial charge in [0.15, 0.2) is 6.10 Å². The molecular weight excluding hydrogens is 376 g/mol. The topological polar surface area (TPSA) is 102 Å². The van der Waals surface area contributed by atoms with Crippen LogP contribution in [-0.4, -0.2) is 48.3 Å². The van der Waals surface area contributed by atoms with Crippen molar-refractivity contribution in [2.24, 2.45) is 0 Å². The molecule has 8 nitrogen and oxygen atoms in total. The van der Waals surface area contributed by atoms with Gasteiger partial charge < -0.3 is 14.8 Å². The highest BCUT2D eigenvalue weighted by Gasteiger charge is 2.35. The number of nitrogens with zero attached hydrogens (tertiary/aromatic N) is 1. The number of para-hydroxylation sites is 2. The summed E-state index contributed by atoms with van der Waals surface area (Å²) >= 11 is 0. The second-order valence-corrected chi connectivity index (χ2v) is 6.38. The fraction of sp³-hybridized carbons (Fsp3) is 0.238. The van der Waals surface area contributed by atoms with Crippen molar-refractivity contribution in [3.8, 4) is 5.75 Å². The molecule has 0 spiro atoms. The third-order valence-electron chi connectivity index (χ3n) is 4.46. The van der Waals surface area contributed by atoms with E-state index in [4.69, 9.17) is 9.47 Å². The third-order valence-corrected chi connectivity index (χ3v) is 4.46. The van der Waals surface area contributed by atoms with Gasteiger partial charge in [0.2, 0.25) is 0 Å². The van der Waals surface area contributed by atoms with Gasteiger partial charge >= 0.3 is 5.97 Å². The van der Waals surface area contributed by atoms with Crippen LogP contribution in [0.2, 0.25) is 0 Å². The summed E-state index contributed by atoms with van der Waals surface area (Å²) in [5.41, 5.74) is 1.08. The molecule has 0 saturated carbocycles. The van der Waals surface area contributed by atoms with E-state index in [9.17, 15) is 19.2 Å². The second-order valence-electron chi connectivity index (χ2n) is 6.38. The minimum Gasteiger partial charge on any atom is -0.495 e. The Balaban J connectivity index is 1.52. The Bertz CT molecular complexity index is 936. The number of nitrogens with one attached hydrogen (secondary N) is 1. The lowest BCUT2D eigenvalue weighted by Gasteiger charge is -2.16. The molecule has 2 aromatic carbocycles. The number of imide groups is 1. The Morgan fingerprint density at radius 1 is 1.00 bits per heavy atom. The molecule has 150 valence electrons. The largest absolute Gasteiger partial charge is 0.495 e. The first-order valence-electron chi connectivity index (χ1n) is 9.01. The zero-order valence-electron chi connectivity index (χ0n) is 16.0. The van der Waals surface area contributed by atoms with Crippen molar-refractivity contribution in [2.45, 2.75) is 19.4 Å². The van der Waals surface area contributed by atoms with E-state index in [-0.39, 0.29) is 13.0 Å². The van der Waals surface area contributed by atoms with Crippen molar-refractivity contribution < 1.29 is 28.7 Å². The van der Waals surface area contributed by atoms with E-state index in [1.54, 1.807) is 48.5 Å². The zero-order valence-corrected chi connectivity index (χ0v) is 16.0. The molecule has 1 heterocycles. The quantitative estimate of drug-likeness (QED) is 0.569. The van der Waals surface area contributed by atoms with Crippen LogP contribution in [0.25, 0.3) is 0 Å². The summed E-state index contributed by atoms with van der Waals surface area (Å²) in [6, 6.07) is 13.3. The number of carbonyl (C=O) groups excluding carboxylic acids is 4. The van der Waals surface area contributed by atoms with Crippen molar-refractivity contribution in [3.63, 3.8) is 0 Å². The Labute approximate surface area is 167 Å². The molecular formula is C21H20N2O6. The van der Waals surface area contributed by atoms with Gasteiger partial charge in [-0.05, 0) is 31.2 Å². The Morgan fingerprint density at radius 2 is 1.59 bits per heavy atom. The Hall–Kier alpha value is -3.68. The smallest absolute Gasteiger partial charge is 0.308 e. The molecule has 0 aromatic heterocycles. The number of fused-ring (bicyclic) bond motifs is 1. The standard InChI is InChI=1S/C21H20N2O6/c1-13(19(25)22-16-9-5-6-10-17(16)28-2)29-18(24)11-12-23-20(26)14-7-3-4-8-15(14)21(23)27/h3-10,13H,11-12H2,1-2H3,(H,22,25). The molecule has 2 aromatic rings. The van der Waals surface area contributed by atoms with Gasteiger partial charge in [-0.25, -0.2) is 0 Å². The molecule has 1 atom stereocenters. The predicted molar refractivity (Wildman–Crippen MR) is 104 cm³/mol. The lowest BCUT2D eigenvalue weighted by atomic mass is 10.1. The van der Waals surface area contributed by atoms with Gasteiger partial charge in [-0.15, -0.1) is 0 Å². The fourth-order valence-corrected chi connectivity index (χ4v) is 2.94. The number of hydrogen-bond donors (Lipinski definition) is 1. The van der Waals surface area contributed by atoms with Crippen molar-refractivity contribution in [1.29, 1.82) is 0 Å². The molecule has 1 N–H and O–H groups in total.